The minimum Gasteiger partial charge on any atom is -0.480 e. The Kier molecular flexibility index (Phi) is 4.72. The number of rotatable bonds is 8. The van der Waals surface area contributed by atoms with Gasteiger partial charge in [0.2, 0.25) is 12.7 Å². The van der Waals surface area contributed by atoms with Gasteiger partial charge in [-0.25, -0.2) is 0 Å². The van der Waals surface area contributed by atoms with Crippen LogP contribution in [0.1, 0.15) is 31.2 Å². The summed E-state index contributed by atoms with van der Waals surface area (Å²) in [4.78, 5) is 25.4. The molecule has 0 aromatic heterocycles. The third kappa shape index (κ3) is 4.09. The van der Waals surface area contributed by atoms with Gasteiger partial charge in [-0.3, -0.25) is 14.5 Å². The van der Waals surface area contributed by atoms with Crippen LogP contribution < -0.4 is 14.8 Å². The van der Waals surface area contributed by atoms with E-state index in [-0.39, 0.29) is 31.3 Å². The summed E-state index contributed by atoms with van der Waals surface area (Å²) in [6.45, 7) is 1.19. The molecule has 1 aliphatic heterocycles. The average molecular weight is 360 g/mol. The van der Waals surface area contributed by atoms with Crippen molar-refractivity contribution >= 4 is 11.9 Å². The van der Waals surface area contributed by atoms with Crippen LogP contribution >= 0.6 is 0 Å². The second-order valence-electron chi connectivity index (χ2n) is 7.52. The number of benzene rings is 1. The molecule has 1 aromatic rings. The molecule has 2 saturated carbocycles. The number of nitrogens with zero attached hydrogens (tertiary/aromatic N) is 1. The van der Waals surface area contributed by atoms with Crippen LogP contribution in [0.15, 0.2) is 18.2 Å². The van der Waals surface area contributed by atoms with Crippen molar-refractivity contribution in [2.45, 2.75) is 44.2 Å². The Bertz CT molecular complexity index is 697. The molecule has 0 saturated heterocycles. The highest BCUT2D eigenvalue weighted by molar-refractivity contribution is 5.79. The maximum Gasteiger partial charge on any atom is 0.317 e. The molecule has 0 atom stereocenters. The second-order valence-corrected chi connectivity index (χ2v) is 7.52. The monoisotopic (exact) mass is 360 g/mol. The van der Waals surface area contributed by atoms with Gasteiger partial charge in [-0.05, 0) is 49.3 Å². The van der Waals surface area contributed by atoms with E-state index in [1.54, 1.807) is 0 Å². The van der Waals surface area contributed by atoms with Crippen LogP contribution in [0.3, 0.4) is 0 Å². The lowest BCUT2D eigenvalue weighted by Gasteiger charge is -2.42. The molecule has 3 aliphatic rings. The van der Waals surface area contributed by atoms with Gasteiger partial charge in [-0.15, -0.1) is 0 Å². The van der Waals surface area contributed by atoms with Crippen LogP contribution in [0.5, 0.6) is 11.5 Å². The fourth-order valence-corrected chi connectivity index (χ4v) is 3.67. The molecule has 0 bridgehead atoms. The van der Waals surface area contributed by atoms with Crippen LogP contribution in [0.25, 0.3) is 0 Å². The zero-order chi connectivity index (χ0) is 18.1. The number of nitrogens with one attached hydrogen (secondary N) is 1. The van der Waals surface area contributed by atoms with Gasteiger partial charge in [0.05, 0.1) is 13.0 Å². The van der Waals surface area contributed by atoms with E-state index in [2.05, 4.69) is 10.2 Å². The summed E-state index contributed by atoms with van der Waals surface area (Å²) < 4.78 is 10.6. The molecule has 0 spiro atoms. The standard InChI is InChI=1S/C19H24N2O5/c22-18(6-13-3-4-16-17(5-13)26-11-25-16)20-14-7-15(8-14)21(10-19(23)24)9-12-1-2-12/h3-5,12,14-15H,1-2,6-11H2,(H,20,22)(H,23,24). The van der Waals surface area contributed by atoms with Gasteiger partial charge in [-0.1, -0.05) is 6.07 Å². The molecular formula is C19H24N2O5. The summed E-state index contributed by atoms with van der Waals surface area (Å²) in [7, 11) is 0. The van der Waals surface area contributed by atoms with Gasteiger partial charge < -0.3 is 19.9 Å². The van der Waals surface area contributed by atoms with Gasteiger partial charge in [-0.2, -0.15) is 0 Å². The predicted octanol–water partition coefficient (Wildman–Crippen LogP) is 1.40. The number of carboxylic acids is 1. The highest BCUT2D eigenvalue weighted by atomic mass is 16.7. The van der Waals surface area contributed by atoms with E-state index in [0.29, 0.717) is 23.8 Å². The zero-order valence-electron chi connectivity index (χ0n) is 14.6. The van der Waals surface area contributed by atoms with E-state index in [9.17, 15) is 9.59 Å². The van der Waals surface area contributed by atoms with Gasteiger partial charge in [0.25, 0.3) is 0 Å². The quantitative estimate of drug-likeness (QED) is 0.729. The van der Waals surface area contributed by atoms with Crippen LogP contribution in [0.4, 0.5) is 0 Å². The van der Waals surface area contributed by atoms with Crippen molar-refractivity contribution in [2.24, 2.45) is 5.92 Å². The van der Waals surface area contributed by atoms with E-state index in [1.807, 2.05) is 18.2 Å². The number of carbonyl (C=O) groups excluding carboxylic acids is 1. The van der Waals surface area contributed by atoms with E-state index in [1.165, 1.54) is 12.8 Å². The van der Waals surface area contributed by atoms with Crippen LogP contribution in [0.2, 0.25) is 0 Å². The summed E-state index contributed by atoms with van der Waals surface area (Å²) in [6.07, 6.45) is 4.37. The molecular weight excluding hydrogens is 336 g/mol. The van der Waals surface area contributed by atoms with Crippen molar-refractivity contribution in [3.05, 3.63) is 23.8 Å². The Morgan fingerprint density at radius 2 is 1.96 bits per heavy atom. The molecule has 140 valence electrons. The Morgan fingerprint density at radius 3 is 2.69 bits per heavy atom. The minimum absolute atomic E-state index is 0.0145. The predicted molar refractivity (Wildman–Crippen MR) is 93.2 cm³/mol. The molecule has 1 amide bonds. The molecule has 2 aliphatic carbocycles. The lowest BCUT2D eigenvalue weighted by molar-refractivity contribution is -0.140. The molecule has 4 rings (SSSR count). The summed E-state index contributed by atoms with van der Waals surface area (Å²) in [5.74, 6) is 1.27. The third-order valence-electron chi connectivity index (χ3n) is 5.32. The van der Waals surface area contributed by atoms with E-state index in [0.717, 1.165) is 24.9 Å². The van der Waals surface area contributed by atoms with Crippen LogP contribution in [0, 0.1) is 5.92 Å². The molecule has 7 nitrogen and oxygen atoms in total. The Hall–Kier alpha value is -2.28. The molecule has 0 unspecified atom stereocenters. The number of aliphatic carboxylic acids is 1. The minimum atomic E-state index is -0.777. The second kappa shape index (κ2) is 7.15. The van der Waals surface area contributed by atoms with Crippen molar-refractivity contribution in [2.75, 3.05) is 19.9 Å². The average Bonchev–Trinajstić information content (AvgIpc) is 3.23. The van der Waals surface area contributed by atoms with Crippen molar-refractivity contribution in [3.63, 3.8) is 0 Å². The van der Waals surface area contributed by atoms with Crippen molar-refractivity contribution in [1.29, 1.82) is 0 Å². The normalized spacial score (nSPS) is 23.6. The maximum absolute atomic E-state index is 12.3. The summed E-state index contributed by atoms with van der Waals surface area (Å²) in [6, 6.07) is 5.95. The Labute approximate surface area is 152 Å². The molecule has 2 fully saturated rings. The first-order chi connectivity index (χ1) is 12.6. The number of carbonyl (C=O) groups is 2. The van der Waals surface area contributed by atoms with Crippen molar-refractivity contribution in [1.82, 2.24) is 10.2 Å². The number of hydrogen-bond donors (Lipinski definition) is 2. The summed E-state index contributed by atoms with van der Waals surface area (Å²) in [5, 5.41) is 12.2. The number of hydrogen-bond acceptors (Lipinski definition) is 5. The third-order valence-corrected chi connectivity index (χ3v) is 5.32. The highest BCUT2D eigenvalue weighted by Gasteiger charge is 2.37. The fraction of sp³-hybridized carbons (Fsp3) is 0.579. The zero-order valence-corrected chi connectivity index (χ0v) is 14.6. The largest absolute Gasteiger partial charge is 0.480 e. The van der Waals surface area contributed by atoms with Gasteiger partial charge in [0.1, 0.15) is 0 Å². The first-order valence-corrected chi connectivity index (χ1v) is 9.20. The molecule has 2 N–H and O–H groups in total. The number of amides is 1. The Morgan fingerprint density at radius 1 is 1.19 bits per heavy atom. The van der Waals surface area contributed by atoms with Gasteiger partial charge in [0, 0.05) is 18.6 Å². The topological polar surface area (TPSA) is 88.1 Å². The van der Waals surface area contributed by atoms with Crippen LogP contribution in [-0.4, -0.2) is 53.8 Å². The molecule has 26 heavy (non-hydrogen) atoms. The molecule has 7 heteroatoms. The molecule has 1 heterocycles. The first kappa shape index (κ1) is 17.1. The first-order valence-electron chi connectivity index (χ1n) is 9.20. The van der Waals surface area contributed by atoms with Crippen LogP contribution in [-0.2, 0) is 16.0 Å². The SMILES string of the molecule is O=C(O)CN(CC1CC1)C1CC(NC(=O)Cc2ccc3c(c2)OCO3)C1. The van der Waals surface area contributed by atoms with Crippen molar-refractivity contribution < 1.29 is 24.2 Å². The lowest BCUT2D eigenvalue weighted by atomic mass is 9.85. The van der Waals surface area contributed by atoms with E-state index < -0.39 is 5.97 Å². The number of ether oxygens (including phenoxy) is 2. The summed E-state index contributed by atoms with van der Waals surface area (Å²) in [5.41, 5.74) is 0.892. The van der Waals surface area contributed by atoms with Gasteiger partial charge >= 0.3 is 5.97 Å². The maximum atomic E-state index is 12.3. The number of fused-ring (bicyclic) bond motifs is 1. The molecule has 0 radical (unpaired) electrons. The lowest BCUT2D eigenvalue weighted by Crippen LogP contribution is -2.55. The fourth-order valence-electron chi connectivity index (χ4n) is 3.67. The highest BCUT2D eigenvalue weighted by Crippen LogP contribution is 2.34. The van der Waals surface area contributed by atoms with Crippen molar-refractivity contribution in [3.8, 4) is 11.5 Å². The summed E-state index contributed by atoms with van der Waals surface area (Å²) >= 11 is 0. The smallest absolute Gasteiger partial charge is 0.317 e. The molecule has 1 aromatic carbocycles. The van der Waals surface area contributed by atoms with E-state index in [4.69, 9.17) is 14.6 Å². The van der Waals surface area contributed by atoms with E-state index >= 15 is 0 Å². The van der Waals surface area contributed by atoms with Gasteiger partial charge in [0.15, 0.2) is 11.5 Å². The Balaban J connectivity index is 1.24. The number of carboxylic acid groups (broad SMARTS) is 1.